The number of thiazole rings is 1. The van der Waals surface area contributed by atoms with Gasteiger partial charge in [-0.15, -0.1) is 11.3 Å². The molecule has 138 valence electrons. The van der Waals surface area contributed by atoms with Crippen molar-refractivity contribution in [2.75, 3.05) is 11.9 Å². The van der Waals surface area contributed by atoms with Gasteiger partial charge < -0.3 is 10.1 Å². The van der Waals surface area contributed by atoms with E-state index < -0.39 is 30.1 Å². The summed E-state index contributed by atoms with van der Waals surface area (Å²) in [5, 5.41) is 4.92. The molecule has 27 heavy (non-hydrogen) atoms. The number of benzene rings is 2. The Morgan fingerprint density at radius 1 is 1.11 bits per heavy atom. The molecule has 0 saturated heterocycles. The number of nitrogens with zero attached hydrogens (tertiary/aromatic N) is 1. The van der Waals surface area contributed by atoms with Gasteiger partial charge in [0.25, 0.3) is 5.91 Å². The molecule has 1 aromatic heterocycles. The van der Waals surface area contributed by atoms with Crippen LogP contribution in [0.1, 0.15) is 10.5 Å². The zero-order valence-electron chi connectivity index (χ0n) is 13.5. The minimum absolute atomic E-state index is 0.0505. The van der Waals surface area contributed by atoms with Crippen molar-refractivity contribution in [3.63, 3.8) is 0 Å². The first-order valence-corrected chi connectivity index (χ1v) is 8.81. The number of anilines is 1. The van der Waals surface area contributed by atoms with Crippen molar-refractivity contribution in [3.8, 4) is 10.6 Å². The molecule has 0 aliphatic rings. The molecular weight excluding hydrogens is 398 g/mol. The van der Waals surface area contributed by atoms with E-state index in [-0.39, 0.29) is 11.4 Å². The highest BCUT2D eigenvalue weighted by atomic mass is 35.5. The Kier molecular flexibility index (Phi) is 5.78. The Morgan fingerprint density at radius 3 is 2.44 bits per heavy atom. The van der Waals surface area contributed by atoms with Gasteiger partial charge in [0.05, 0.1) is 0 Å². The van der Waals surface area contributed by atoms with E-state index in [9.17, 15) is 18.4 Å². The zero-order chi connectivity index (χ0) is 19.4. The van der Waals surface area contributed by atoms with Gasteiger partial charge in [0, 0.05) is 27.7 Å². The largest absolute Gasteiger partial charge is 0.451 e. The summed E-state index contributed by atoms with van der Waals surface area (Å²) in [6.45, 7) is -0.620. The number of carbonyl (C=O) groups is 2. The maximum atomic E-state index is 13.1. The maximum absolute atomic E-state index is 13.1. The Bertz CT molecular complexity index is 972. The van der Waals surface area contributed by atoms with Crippen LogP contribution in [0, 0.1) is 11.6 Å². The summed E-state index contributed by atoms with van der Waals surface area (Å²) < 4.78 is 31.0. The van der Waals surface area contributed by atoms with Crippen molar-refractivity contribution in [1.29, 1.82) is 0 Å². The molecule has 3 aromatic rings. The molecule has 0 spiro atoms. The highest BCUT2D eigenvalue weighted by Gasteiger charge is 2.15. The molecular formula is C18H11ClF2N2O3S. The third-order valence-electron chi connectivity index (χ3n) is 3.29. The number of amides is 1. The number of hydrogen-bond acceptors (Lipinski definition) is 5. The van der Waals surface area contributed by atoms with Crippen LogP contribution in [-0.4, -0.2) is 23.5 Å². The fraction of sp³-hybridized carbons (Fsp3) is 0.0556. The van der Waals surface area contributed by atoms with Crippen molar-refractivity contribution in [1.82, 2.24) is 4.98 Å². The molecule has 1 N–H and O–H groups in total. The van der Waals surface area contributed by atoms with Crippen LogP contribution in [0.25, 0.3) is 10.6 Å². The van der Waals surface area contributed by atoms with E-state index >= 15 is 0 Å². The van der Waals surface area contributed by atoms with Crippen molar-refractivity contribution < 1.29 is 23.1 Å². The van der Waals surface area contributed by atoms with E-state index in [1.807, 2.05) is 0 Å². The average Bonchev–Trinajstić information content (AvgIpc) is 3.09. The standard InChI is InChI=1S/C18H11ClF2N2O3S/c19-11-3-1-10(2-4-11)17-23-15(9-27-17)18(25)26-8-16(24)22-14-6-12(20)5-13(21)7-14/h1-7,9H,8H2,(H,22,24). The molecule has 9 heteroatoms. The van der Waals surface area contributed by atoms with E-state index in [4.69, 9.17) is 16.3 Å². The first kappa shape index (κ1) is 18.9. The highest BCUT2D eigenvalue weighted by Crippen LogP contribution is 2.25. The van der Waals surface area contributed by atoms with Crippen LogP contribution in [0.4, 0.5) is 14.5 Å². The Morgan fingerprint density at radius 2 is 1.78 bits per heavy atom. The van der Waals surface area contributed by atoms with Gasteiger partial charge in [0.15, 0.2) is 12.3 Å². The van der Waals surface area contributed by atoms with Crippen molar-refractivity contribution in [2.24, 2.45) is 0 Å². The SMILES string of the molecule is O=C(COC(=O)c1csc(-c2ccc(Cl)cc2)n1)Nc1cc(F)cc(F)c1. The molecule has 0 unspecified atom stereocenters. The van der Waals surface area contributed by atoms with E-state index in [1.165, 1.54) is 16.7 Å². The van der Waals surface area contributed by atoms with Gasteiger partial charge >= 0.3 is 5.97 Å². The molecule has 0 saturated carbocycles. The van der Waals surface area contributed by atoms with Crippen molar-refractivity contribution >= 4 is 40.5 Å². The van der Waals surface area contributed by atoms with Gasteiger partial charge in [-0.3, -0.25) is 4.79 Å². The summed E-state index contributed by atoms with van der Waals surface area (Å²) in [5.41, 5.74) is 0.760. The summed E-state index contributed by atoms with van der Waals surface area (Å²) in [6.07, 6.45) is 0. The second kappa shape index (κ2) is 8.24. The molecule has 2 aromatic carbocycles. The molecule has 1 heterocycles. The number of aromatic nitrogens is 1. The number of ether oxygens (including phenoxy) is 1. The van der Waals surface area contributed by atoms with Crippen LogP contribution in [0.5, 0.6) is 0 Å². The quantitative estimate of drug-likeness (QED) is 0.629. The van der Waals surface area contributed by atoms with Gasteiger partial charge in [-0.05, 0) is 24.3 Å². The monoisotopic (exact) mass is 408 g/mol. The van der Waals surface area contributed by atoms with Crippen molar-refractivity contribution in [3.05, 3.63) is 70.2 Å². The highest BCUT2D eigenvalue weighted by molar-refractivity contribution is 7.13. The van der Waals surface area contributed by atoms with Crippen LogP contribution in [-0.2, 0) is 9.53 Å². The lowest BCUT2D eigenvalue weighted by molar-refractivity contribution is -0.119. The third-order valence-corrected chi connectivity index (χ3v) is 4.43. The summed E-state index contributed by atoms with van der Waals surface area (Å²) in [7, 11) is 0. The Hall–Kier alpha value is -2.84. The number of esters is 1. The molecule has 1 amide bonds. The van der Waals surface area contributed by atoms with Crippen LogP contribution in [0.2, 0.25) is 5.02 Å². The van der Waals surface area contributed by atoms with Crippen LogP contribution < -0.4 is 5.32 Å². The van der Waals surface area contributed by atoms with Gasteiger partial charge in [0.1, 0.15) is 16.6 Å². The second-order valence-electron chi connectivity index (χ2n) is 5.33. The fourth-order valence-corrected chi connectivity index (χ4v) is 3.04. The Balaban J connectivity index is 1.57. The normalized spacial score (nSPS) is 10.5. The summed E-state index contributed by atoms with van der Waals surface area (Å²) in [4.78, 5) is 27.9. The van der Waals surface area contributed by atoms with E-state index in [1.54, 1.807) is 24.3 Å². The molecule has 0 fully saturated rings. The van der Waals surface area contributed by atoms with Gasteiger partial charge in [-0.1, -0.05) is 23.7 Å². The molecule has 0 bridgehead atoms. The lowest BCUT2D eigenvalue weighted by atomic mass is 10.2. The minimum Gasteiger partial charge on any atom is -0.451 e. The number of rotatable bonds is 5. The third kappa shape index (κ3) is 5.08. The molecule has 0 aliphatic carbocycles. The summed E-state index contributed by atoms with van der Waals surface area (Å²) in [5.74, 6) is -3.19. The average molecular weight is 409 g/mol. The molecule has 0 atom stereocenters. The number of nitrogens with one attached hydrogen (secondary N) is 1. The first-order chi connectivity index (χ1) is 12.9. The summed E-state index contributed by atoms with van der Waals surface area (Å²) >= 11 is 7.07. The fourth-order valence-electron chi connectivity index (χ4n) is 2.12. The van der Waals surface area contributed by atoms with Gasteiger partial charge in [0.2, 0.25) is 0 Å². The van der Waals surface area contributed by atoms with Crippen LogP contribution >= 0.6 is 22.9 Å². The predicted octanol–water partition coefficient (Wildman–Crippen LogP) is 4.54. The van der Waals surface area contributed by atoms with Crippen LogP contribution in [0.3, 0.4) is 0 Å². The lowest BCUT2D eigenvalue weighted by Crippen LogP contribution is -2.21. The van der Waals surface area contributed by atoms with Crippen molar-refractivity contribution in [2.45, 2.75) is 0 Å². The Labute approximate surface area is 161 Å². The molecule has 5 nitrogen and oxygen atoms in total. The number of halogens is 3. The van der Waals surface area contributed by atoms with Crippen LogP contribution in [0.15, 0.2) is 47.8 Å². The molecule has 0 radical (unpaired) electrons. The van der Waals surface area contributed by atoms with Gasteiger partial charge in [-0.2, -0.15) is 0 Å². The maximum Gasteiger partial charge on any atom is 0.358 e. The zero-order valence-corrected chi connectivity index (χ0v) is 15.1. The molecule has 0 aliphatic heterocycles. The second-order valence-corrected chi connectivity index (χ2v) is 6.62. The molecule has 3 rings (SSSR count). The van der Waals surface area contributed by atoms with E-state index in [0.717, 1.165) is 17.7 Å². The van der Waals surface area contributed by atoms with Gasteiger partial charge in [-0.25, -0.2) is 18.6 Å². The van der Waals surface area contributed by atoms with E-state index in [2.05, 4.69) is 10.3 Å². The summed E-state index contributed by atoms with van der Waals surface area (Å²) in [6, 6.07) is 9.51. The first-order valence-electron chi connectivity index (χ1n) is 7.55. The number of carbonyl (C=O) groups excluding carboxylic acids is 2. The topological polar surface area (TPSA) is 68.3 Å². The van der Waals surface area contributed by atoms with E-state index in [0.29, 0.717) is 16.1 Å². The smallest absolute Gasteiger partial charge is 0.358 e. The predicted molar refractivity (Wildman–Crippen MR) is 97.8 cm³/mol. The number of hydrogen-bond donors (Lipinski definition) is 1. The lowest BCUT2D eigenvalue weighted by Gasteiger charge is -2.06. The minimum atomic E-state index is -0.834.